The Morgan fingerprint density at radius 3 is 2.65 bits per heavy atom. The van der Waals surface area contributed by atoms with Crippen molar-refractivity contribution in [3.8, 4) is 11.5 Å². The fourth-order valence-electron chi connectivity index (χ4n) is 3.20. The van der Waals surface area contributed by atoms with Crippen LogP contribution in [0.4, 0.5) is 0 Å². The summed E-state index contributed by atoms with van der Waals surface area (Å²) in [6, 6.07) is 4.34. The van der Waals surface area contributed by atoms with Gasteiger partial charge in [-0.15, -0.1) is 0 Å². The molecule has 0 amide bonds. The Labute approximate surface area is 129 Å². The number of nitrogens with one attached hydrogen (secondary N) is 1. The highest BCUT2D eigenvalue weighted by Gasteiger charge is 2.23. The van der Waals surface area contributed by atoms with E-state index in [2.05, 4.69) is 33.4 Å². The second-order valence-electron chi connectivity index (χ2n) is 5.75. The number of methoxy groups -OCH3 is 1. The highest BCUT2D eigenvalue weighted by Crippen LogP contribution is 2.41. The maximum absolute atomic E-state index is 6.16. The van der Waals surface area contributed by atoms with Crippen molar-refractivity contribution < 1.29 is 9.47 Å². The van der Waals surface area contributed by atoms with E-state index in [9.17, 15) is 0 Å². The zero-order chi connectivity index (χ0) is 13.9. The molecule has 4 heteroatoms. The van der Waals surface area contributed by atoms with E-state index in [0.717, 1.165) is 41.9 Å². The minimum absolute atomic E-state index is 0.346. The first-order chi connectivity index (χ1) is 9.78. The monoisotopic (exact) mass is 339 g/mol. The molecule has 0 spiro atoms. The first-order valence-corrected chi connectivity index (χ1v) is 8.32. The van der Waals surface area contributed by atoms with Gasteiger partial charge in [0.05, 0.1) is 17.7 Å². The van der Waals surface area contributed by atoms with Crippen LogP contribution in [0.3, 0.4) is 0 Å². The van der Waals surface area contributed by atoms with Crippen molar-refractivity contribution in [2.45, 2.75) is 44.1 Å². The lowest BCUT2D eigenvalue weighted by Gasteiger charge is -2.19. The van der Waals surface area contributed by atoms with Gasteiger partial charge < -0.3 is 14.8 Å². The van der Waals surface area contributed by atoms with Crippen LogP contribution in [0.25, 0.3) is 0 Å². The van der Waals surface area contributed by atoms with Crippen molar-refractivity contribution in [3.05, 3.63) is 22.2 Å². The normalized spacial score (nSPS) is 23.2. The van der Waals surface area contributed by atoms with Gasteiger partial charge in [-0.05, 0) is 78.2 Å². The van der Waals surface area contributed by atoms with Crippen LogP contribution in [0, 0.1) is 0 Å². The smallest absolute Gasteiger partial charge is 0.175 e. The van der Waals surface area contributed by atoms with Gasteiger partial charge in [0.1, 0.15) is 0 Å². The van der Waals surface area contributed by atoms with Crippen LogP contribution in [0.5, 0.6) is 11.5 Å². The third-order valence-electron chi connectivity index (χ3n) is 4.37. The molecule has 1 aromatic carbocycles. The quantitative estimate of drug-likeness (QED) is 0.903. The Hall–Kier alpha value is -0.740. The summed E-state index contributed by atoms with van der Waals surface area (Å²) in [6.07, 6.45) is 6.40. The summed E-state index contributed by atoms with van der Waals surface area (Å²) in [5, 5.41) is 3.41. The third-order valence-corrected chi connectivity index (χ3v) is 4.96. The van der Waals surface area contributed by atoms with Crippen LogP contribution in [0.1, 0.15) is 43.6 Å². The fourth-order valence-corrected chi connectivity index (χ4v) is 3.76. The van der Waals surface area contributed by atoms with Crippen LogP contribution < -0.4 is 14.8 Å². The summed E-state index contributed by atoms with van der Waals surface area (Å²) in [5.41, 5.74) is 1.33. The molecule has 2 fully saturated rings. The molecule has 2 aliphatic rings. The number of rotatable bonds is 4. The summed E-state index contributed by atoms with van der Waals surface area (Å²) in [5.74, 6) is 2.31. The van der Waals surface area contributed by atoms with Gasteiger partial charge in [0.2, 0.25) is 0 Å². The molecule has 1 unspecified atom stereocenters. The van der Waals surface area contributed by atoms with Crippen LogP contribution >= 0.6 is 15.9 Å². The molecule has 110 valence electrons. The number of hydrogen-bond acceptors (Lipinski definition) is 3. The zero-order valence-electron chi connectivity index (χ0n) is 12.0. The summed E-state index contributed by atoms with van der Waals surface area (Å²) < 4.78 is 12.7. The topological polar surface area (TPSA) is 30.5 Å². The fraction of sp³-hybridized carbons (Fsp3) is 0.625. The molecule has 0 aromatic heterocycles. The van der Waals surface area contributed by atoms with Gasteiger partial charge in [0.15, 0.2) is 11.5 Å². The van der Waals surface area contributed by atoms with Crippen molar-refractivity contribution in [1.82, 2.24) is 5.32 Å². The Balaban J connectivity index is 1.85. The van der Waals surface area contributed by atoms with Gasteiger partial charge in [-0.3, -0.25) is 0 Å². The first-order valence-electron chi connectivity index (χ1n) is 7.52. The summed E-state index contributed by atoms with van der Waals surface area (Å²) in [7, 11) is 1.72. The van der Waals surface area contributed by atoms with Crippen molar-refractivity contribution in [2.24, 2.45) is 0 Å². The molecule has 1 N–H and O–H groups in total. The van der Waals surface area contributed by atoms with E-state index in [1.807, 2.05) is 0 Å². The number of ether oxygens (including phenoxy) is 2. The minimum Gasteiger partial charge on any atom is -0.493 e. The molecule has 0 radical (unpaired) electrons. The van der Waals surface area contributed by atoms with Gasteiger partial charge in [0.25, 0.3) is 0 Å². The van der Waals surface area contributed by atoms with E-state index < -0.39 is 0 Å². The Bertz CT molecular complexity index is 466. The standard InChI is InChI=1S/C16H22BrNO2/c1-19-15-9-12(11-6-7-18-10-11)8-14(17)16(15)20-13-4-2-3-5-13/h8-9,11,13,18H,2-7,10H2,1H3. The molecular weight excluding hydrogens is 318 g/mol. The van der Waals surface area contributed by atoms with E-state index in [1.165, 1.54) is 24.8 Å². The van der Waals surface area contributed by atoms with E-state index in [4.69, 9.17) is 9.47 Å². The van der Waals surface area contributed by atoms with Gasteiger partial charge in [-0.2, -0.15) is 0 Å². The first kappa shape index (κ1) is 14.2. The lowest BCUT2D eigenvalue weighted by Crippen LogP contribution is -2.13. The highest BCUT2D eigenvalue weighted by atomic mass is 79.9. The number of halogens is 1. The van der Waals surface area contributed by atoms with Crippen molar-refractivity contribution >= 4 is 15.9 Å². The largest absolute Gasteiger partial charge is 0.493 e. The van der Waals surface area contributed by atoms with E-state index in [0.29, 0.717) is 12.0 Å². The Morgan fingerprint density at radius 1 is 1.20 bits per heavy atom. The van der Waals surface area contributed by atoms with Gasteiger partial charge in [-0.25, -0.2) is 0 Å². The molecule has 1 aliphatic heterocycles. The summed E-state index contributed by atoms with van der Waals surface area (Å²) >= 11 is 3.67. The summed E-state index contributed by atoms with van der Waals surface area (Å²) in [4.78, 5) is 0. The van der Waals surface area contributed by atoms with Gasteiger partial charge in [0, 0.05) is 6.54 Å². The van der Waals surface area contributed by atoms with E-state index in [1.54, 1.807) is 7.11 Å². The third kappa shape index (κ3) is 2.96. The van der Waals surface area contributed by atoms with Crippen molar-refractivity contribution in [1.29, 1.82) is 0 Å². The Morgan fingerprint density at radius 2 is 2.00 bits per heavy atom. The van der Waals surface area contributed by atoms with Crippen molar-refractivity contribution in [2.75, 3.05) is 20.2 Å². The molecule has 0 bridgehead atoms. The highest BCUT2D eigenvalue weighted by molar-refractivity contribution is 9.10. The predicted octanol–water partition coefficient (Wildman–Crippen LogP) is 3.86. The SMILES string of the molecule is COc1cc(C2CCNC2)cc(Br)c1OC1CCCC1. The number of hydrogen-bond donors (Lipinski definition) is 1. The molecule has 3 rings (SSSR count). The lowest BCUT2D eigenvalue weighted by molar-refractivity contribution is 0.199. The maximum Gasteiger partial charge on any atom is 0.175 e. The predicted molar refractivity (Wildman–Crippen MR) is 83.8 cm³/mol. The Kier molecular flexibility index (Phi) is 4.51. The number of benzene rings is 1. The van der Waals surface area contributed by atoms with Gasteiger partial charge >= 0.3 is 0 Å². The molecule has 20 heavy (non-hydrogen) atoms. The maximum atomic E-state index is 6.16. The molecule has 1 aromatic rings. The summed E-state index contributed by atoms with van der Waals surface area (Å²) in [6.45, 7) is 2.16. The van der Waals surface area contributed by atoms with E-state index in [-0.39, 0.29) is 0 Å². The van der Waals surface area contributed by atoms with Crippen LogP contribution in [0.2, 0.25) is 0 Å². The molecular formula is C16H22BrNO2. The van der Waals surface area contributed by atoms with E-state index >= 15 is 0 Å². The lowest BCUT2D eigenvalue weighted by atomic mass is 9.98. The van der Waals surface area contributed by atoms with Crippen molar-refractivity contribution in [3.63, 3.8) is 0 Å². The molecule has 1 aliphatic carbocycles. The molecule has 1 saturated heterocycles. The average Bonchev–Trinajstić information content (AvgIpc) is 3.13. The minimum atomic E-state index is 0.346. The van der Waals surface area contributed by atoms with Gasteiger partial charge in [-0.1, -0.05) is 0 Å². The second-order valence-corrected chi connectivity index (χ2v) is 6.60. The zero-order valence-corrected chi connectivity index (χ0v) is 13.5. The van der Waals surface area contributed by atoms with Crippen LogP contribution in [-0.2, 0) is 0 Å². The molecule has 1 saturated carbocycles. The molecule has 3 nitrogen and oxygen atoms in total. The molecule has 1 atom stereocenters. The average molecular weight is 340 g/mol. The van der Waals surface area contributed by atoms with Crippen LogP contribution in [-0.4, -0.2) is 26.3 Å². The molecule has 1 heterocycles. The second kappa shape index (κ2) is 6.35. The van der Waals surface area contributed by atoms with Crippen LogP contribution in [0.15, 0.2) is 16.6 Å².